The highest BCUT2D eigenvalue weighted by atomic mass is 33.1. The fourth-order valence-corrected chi connectivity index (χ4v) is 4.86. The predicted molar refractivity (Wildman–Crippen MR) is 102 cm³/mol. The van der Waals surface area contributed by atoms with Crippen LogP contribution in [0.4, 0.5) is 0 Å². The maximum atomic E-state index is 12.1. The first-order chi connectivity index (χ1) is 13.0. The number of nitrogens with zero attached hydrogens (tertiary/aromatic N) is 1. The highest BCUT2D eigenvalue weighted by Gasteiger charge is 2.51. The summed E-state index contributed by atoms with van der Waals surface area (Å²) >= 11 is 0. The summed E-state index contributed by atoms with van der Waals surface area (Å²) in [5.41, 5.74) is -1.30. The minimum Gasteiger partial charge on any atom is -0.394 e. The van der Waals surface area contributed by atoms with Crippen LogP contribution < -0.4 is 11.2 Å². The van der Waals surface area contributed by atoms with Gasteiger partial charge in [-0.05, 0) is 6.42 Å². The molecule has 0 radical (unpaired) electrons. The molecule has 0 saturated carbocycles. The van der Waals surface area contributed by atoms with Crippen molar-refractivity contribution in [2.45, 2.75) is 44.3 Å². The minimum atomic E-state index is -2.98. The number of H-pyrrole nitrogens is 1. The number of ether oxygens (including phenoxy) is 2. The molecule has 0 spiro atoms. The number of aliphatic hydroxyl groups excluding tert-OH is 1. The molecule has 3 N–H and O–H groups in total. The van der Waals surface area contributed by atoms with Crippen molar-refractivity contribution in [2.24, 2.45) is 0 Å². The van der Waals surface area contributed by atoms with E-state index in [0.717, 1.165) is 29.2 Å². The standard InChI is InChI=1S/C14H21N2O8PS2/c1-2-3-6-26-27-8-22-12-11(24-25(20)21)9(7-17)23-13(12)16-5-4-10(18)15-14(16)19/h4-5,9,11-13,17H,2-3,6-8H2,1H3,(H-,15,18,19,20,21)/p+1/t9-,11?,12+,13-/m1/s1. The molecule has 1 saturated heterocycles. The van der Waals surface area contributed by atoms with Crippen LogP contribution in [-0.2, 0) is 18.6 Å². The number of nitrogens with one attached hydrogen (secondary N) is 1. The van der Waals surface area contributed by atoms with E-state index in [2.05, 4.69) is 11.9 Å². The summed E-state index contributed by atoms with van der Waals surface area (Å²) in [6.45, 7) is 1.60. The summed E-state index contributed by atoms with van der Waals surface area (Å²) in [5, 5.41) is 9.52. The number of hydrogen-bond acceptors (Lipinski definition) is 9. The number of aromatic nitrogens is 2. The molecule has 152 valence electrons. The maximum absolute atomic E-state index is 12.1. The third-order valence-corrected chi connectivity index (χ3v) is 6.34. The van der Waals surface area contributed by atoms with E-state index < -0.39 is 50.7 Å². The molecule has 2 unspecified atom stereocenters. The lowest BCUT2D eigenvalue weighted by Gasteiger charge is -2.21. The molecule has 10 nitrogen and oxygen atoms in total. The second-order valence-corrected chi connectivity index (χ2v) is 8.83. The Morgan fingerprint density at radius 3 is 2.78 bits per heavy atom. The Labute approximate surface area is 164 Å². The molecule has 1 aliphatic rings. The van der Waals surface area contributed by atoms with Gasteiger partial charge in [-0.3, -0.25) is 14.3 Å². The van der Waals surface area contributed by atoms with Gasteiger partial charge in [0.05, 0.1) is 6.61 Å². The Balaban J connectivity index is 2.17. The lowest BCUT2D eigenvalue weighted by molar-refractivity contribution is -0.0648. The third-order valence-electron chi connectivity index (χ3n) is 3.78. The van der Waals surface area contributed by atoms with Crippen LogP contribution in [0.5, 0.6) is 0 Å². The smallest absolute Gasteiger partial charge is 0.394 e. The maximum Gasteiger partial charge on any atom is 0.695 e. The molecular weight excluding hydrogens is 419 g/mol. The lowest BCUT2D eigenvalue weighted by Crippen LogP contribution is -2.39. The van der Waals surface area contributed by atoms with Gasteiger partial charge < -0.3 is 14.6 Å². The van der Waals surface area contributed by atoms with Gasteiger partial charge in [0.1, 0.15) is 18.1 Å². The molecule has 2 rings (SSSR count). The molecule has 1 aliphatic heterocycles. The number of unbranched alkanes of at least 4 members (excludes halogenated alkanes) is 1. The van der Waals surface area contributed by atoms with Gasteiger partial charge in [0, 0.05) is 22.6 Å². The van der Waals surface area contributed by atoms with Crippen molar-refractivity contribution < 1.29 is 28.6 Å². The Morgan fingerprint density at radius 2 is 2.15 bits per heavy atom. The van der Waals surface area contributed by atoms with Crippen LogP contribution >= 0.6 is 29.8 Å². The van der Waals surface area contributed by atoms with Crippen LogP contribution in [-0.4, -0.2) is 56.2 Å². The van der Waals surface area contributed by atoms with E-state index in [1.807, 2.05) is 0 Å². The zero-order valence-corrected chi connectivity index (χ0v) is 17.1. The summed E-state index contributed by atoms with van der Waals surface area (Å²) in [4.78, 5) is 34.6. The zero-order valence-electron chi connectivity index (χ0n) is 14.6. The van der Waals surface area contributed by atoms with Crippen molar-refractivity contribution in [3.05, 3.63) is 33.1 Å². The van der Waals surface area contributed by atoms with Gasteiger partial charge in [-0.2, -0.15) is 0 Å². The second-order valence-electron chi connectivity index (χ2n) is 5.62. The summed E-state index contributed by atoms with van der Waals surface area (Å²) in [6.07, 6.45) is -0.607. The zero-order chi connectivity index (χ0) is 19.8. The topological polar surface area (TPSA) is 140 Å². The minimum absolute atomic E-state index is 0.219. The SMILES string of the molecule is CCCCSSCO[C@H]1C(O[P+](=O)O)[C@@H](CO)O[C@H]1n1ccc(=O)[nH]c1=O. The van der Waals surface area contributed by atoms with Gasteiger partial charge in [-0.1, -0.05) is 34.9 Å². The summed E-state index contributed by atoms with van der Waals surface area (Å²) in [6, 6.07) is 1.14. The monoisotopic (exact) mass is 441 g/mol. The van der Waals surface area contributed by atoms with Crippen LogP contribution in [0.3, 0.4) is 0 Å². The quantitative estimate of drug-likeness (QED) is 0.197. The Bertz CT molecular complexity index is 730. The van der Waals surface area contributed by atoms with E-state index in [4.69, 9.17) is 18.9 Å². The lowest BCUT2D eigenvalue weighted by atomic mass is 10.1. The fourth-order valence-electron chi connectivity index (χ4n) is 2.52. The molecule has 0 aliphatic carbocycles. The van der Waals surface area contributed by atoms with E-state index in [-0.39, 0.29) is 5.94 Å². The molecule has 0 bridgehead atoms. The first kappa shape index (κ1) is 22.6. The number of aliphatic hydroxyl groups is 1. The highest BCUT2D eigenvalue weighted by Crippen LogP contribution is 2.38. The van der Waals surface area contributed by atoms with Crippen LogP contribution in [0.25, 0.3) is 0 Å². The normalized spacial score (nSPS) is 25.7. The van der Waals surface area contributed by atoms with Crippen LogP contribution in [0, 0.1) is 0 Å². The van der Waals surface area contributed by atoms with Gasteiger partial charge in [0.2, 0.25) is 0 Å². The van der Waals surface area contributed by atoms with Crippen molar-refractivity contribution in [3.63, 3.8) is 0 Å². The van der Waals surface area contributed by atoms with Gasteiger partial charge in [-0.25, -0.2) is 4.79 Å². The van der Waals surface area contributed by atoms with E-state index in [1.54, 1.807) is 10.8 Å². The number of rotatable bonds is 11. The van der Waals surface area contributed by atoms with E-state index in [9.17, 15) is 19.3 Å². The highest BCUT2D eigenvalue weighted by molar-refractivity contribution is 8.76. The molecule has 0 aromatic carbocycles. The number of aromatic amines is 1. The van der Waals surface area contributed by atoms with E-state index in [1.165, 1.54) is 17.0 Å². The van der Waals surface area contributed by atoms with Gasteiger partial charge in [0.25, 0.3) is 5.56 Å². The molecule has 2 heterocycles. The summed E-state index contributed by atoms with van der Waals surface area (Å²) in [5.74, 6) is 1.17. The Morgan fingerprint density at radius 1 is 1.37 bits per heavy atom. The predicted octanol–water partition coefficient (Wildman–Crippen LogP) is 0.985. The summed E-state index contributed by atoms with van der Waals surface area (Å²) < 4.78 is 28.7. The van der Waals surface area contributed by atoms with Crippen molar-refractivity contribution >= 4 is 29.8 Å². The molecule has 1 fully saturated rings. The van der Waals surface area contributed by atoms with Crippen LogP contribution in [0.2, 0.25) is 0 Å². The van der Waals surface area contributed by atoms with Crippen molar-refractivity contribution in [1.29, 1.82) is 0 Å². The molecule has 0 amide bonds. The summed E-state index contributed by atoms with van der Waals surface area (Å²) in [7, 11) is 0.100. The van der Waals surface area contributed by atoms with E-state index >= 15 is 0 Å². The van der Waals surface area contributed by atoms with Gasteiger partial charge in [0.15, 0.2) is 12.3 Å². The fraction of sp³-hybridized carbons (Fsp3) is 0.714. The van der Waals surface area contributed by atoms with E-state index in [0.29, 0.717) is 0 Å². The molecule has 1 aromatic heterocycles. The van der Waals surface area contributed by atoms with Crippen molar-refractivity contribution in [3.8, 4) is 0 Å². The Kier molecular flexibility index (Phi) is 9.46. The van der Waals surface area contributed by atoms with Gasteiger partial charge in [-0.15, -0.1) is 9.42 Å². The third kappa shape index (κ3) is 6.40. The van der Waals surface area contributed by atoms with Crippen molar-refractivity contribution in [2.75, 3.05) is 18.3 Å². The van der Waals surface area contributed by atoms with Crippen LogP contribution in [0.1, 0.15) is 26.0 Å². The molecular formula is C14H22N2O8PS2+. The van der Waals surface area contributed by atoms with Crippen LogP contribution in [0.15, 0.2) is 21.9 Å². The Hall–Kier alpha value is -0.720. The van der Waals surface area contributed by atoms with Gasteiger partial charge >= 0.3 is 13.9 Å². The number of hydrogen-bond donors (Lipinski definition) is 3. The molecule has 1 aromatic rings. The average molecular weight is 441 g/mol. The molecule has 5 atom stereocenters. The largest absolute Gasteiger partial charge is 0.695 e. The van der Waals surface area contributed by atoms with Crippen molar-refractivity contribution in [1.82, 2.24) is 9.55 Å². The molecule has 27 heavy (non-hydrogen) atoms. The average Bonchev–Trinajstić information content (AvgIpc) is 2.95. The first-order valence-corrected chi connectivity index (χ1v) is 11.9. The second kappa shape index (κ2) is 11.3. The molecule has 13 heteroatoms. The first-order valence-electron chi connectivity index (χ1n) is 8.24.